The van der Waals surface area contributed by atoms with Crippen molar-refractivity contribution in [3.8, 4) is 0 Å². The van der Waals surface area contributed by atoms with Crippen LogP contribution in [0.25, 0.3) is 0 Å². The summed E-state index contributed by atoms with van der Waals surface area (Å²) in [6.07, 6.45) is 4.01. The molecule has 2 heteroatoms. The monoisotopic (exact) mass is 248 g/mol. The lowest BCUT2D eigenvalue weighted by Crippen LogP contribution is -2.08. The van der Waals surface area contributed by atoms with Gasteiger partial charge in [-0.3, -0.25) is 0 Å². The molecule has 0 amide bonds. The Morgan fingerprint density at radius 1 is 1.06 bits per heavy atom. The third-order valence-corrected chi connectivity index (χ3v) is 5.62. The second-order valence-electron chi connectivity index (χ2n) is 6.06. The minimum absolute atomic E-state index is 0.259. The summed E-state index contributed by atoms with van der Waals surface area (Å²) in [4.78, 5) is 0. The van der Waals surface area contributed by atoms with Crippen LogP contribution in [0.4, 0.5) is 0 Å². The molecule has 3 saturated carbocycles. The maximum atomic E-state index is 10.5. The van der Waals surface area contributed by atoms with Crippen LogP contribution in [0.15, 0.2) is 24.3 Å². The Kier molecular flexibility index (Phi) is 2.13. The van der Waals surface area contributed by atoms with Crippen molar-refractivity contribution in [3.63, 3.8) is 0 Å². The van der Waals surface area contributed by atoms with E-state index in [0.717, 1.165) is 34.3 Å². The molecule has 5 atom stereocenters. The third kappa shape index (κ3) is 1.42. The molecule has 0 aromatic heterocycles. The van der Waals surface area contributed by atoms with Crippen molar-refractivity contribution < 1.29 is 5.11 Å². The lowest BCUT2D eigenvalue weighted by atomic mass is 9.95. The topological polar surface area (TPSA) is 20.2 Å². The molecular formula is C15H17ClO. The Labute approximate surface area is 107 Å². The second-order valence-corrected chi connectivity index (χ2v) is 6.50. The van der Waals surface area contributed by atoms with Crippen molar-refractivity contribution >= 4 is 11.6 Å². The Balaban J connectivity index is 1.55. The van der Waals surface area contributed by atoms with E-state index in [0.29, 0.717) is 5.92 Å². The summed E-state index contributed by atoms with van der Waals surface area (Å²) in [7, 11) is 0. The van der Waals surface area contributed by atoms with Crippen molar-refractivity contribution in [3.05, 3.63) is 34.9 Å². The van der Waals surface area contributed by atoms with Gasteiger partial charge in [0.2, 0.25) is 0 Å². The van der Waals surface area contributed by atoms with E-state index in [2.05, 4.69) is 0 Å². The first-order valence-corrected chi connectivity index (χ1v) is 7.07. The lowest BCUT2D eigenvalue weighted by Gasteiger charge is -2.15. The van der Waals surface area contributed by atoms with Gasteiger partial charge in [0.1, 0.15) is 0 Å². The number of rotatable bonds is 2. The molecule has 1 nitrogen and oxygen atoms in total. The average Bonchev–Trinajstić information content (AvgIpc) is 2.77. The SMILES string of the molecule is OC(c1ccc(Cl)cc1)C1C2C3CCC(C3)C21. The van der Waals surface area contributed by atoms with E-state index in [9.17, 15) is 5.11 Å². The summed E-state index contributed by atoms with van der Waals surface area (Å²) in [6, 6.07) is 7.71. The molecule has 3 fully saturated rings. The molecule has 17 heavy (non-hydrogen) atoms. The molecule has 0 radical (unpaired) electrons. The van der Waals surface area contributed by atoms with Crippen LogP contribution in [0.3, 0.4) is 0 Å². The summed E-state index contributed by atoms with van der Waals surface area (Å²) >= 11 is 5.88. The minimum atomic E-state index is -0.259. The van der Waals surface area contributed by atoms with Crippen LogP contribution in [-0.4, -0.2) is 5.11 Å². The van der Waals surface area contributed by atoms with Gasteiger partial charge < -0.3 is 5.11 Å². The fourth-order valence-corrected chi connectivity index (χ4v) is 4.82. The van der Waals surface area contributed by atoms with Gasteiger partial charge in [-0.25, -0.2) is 0 Å². The maximum absolute atomic E-state index is 10.5. The zero-order valence-electron chi connectivity index (χ0n) is 9.72. The van der Waals surface area contributed by atoms with Gasteiger partial charge in [-0.2, -0.15) is 0 Å². The maximum Gasteiger partial charge on any atom is 0.0823 e. The van der Waals surface area contributed by atoms with E-state index in [1.807, 2.05) is 24.3 Å². The number of hydrogen-bond donors (Lipinski definition) is 1. The normalized spacial score (nSPS) is 43.5. The third-order valence-electron chi connectivity index (χ3n) is 5.37. The highest BCUT2D eigenvalue weighted by atomic mass is 35.5. The van der Waals surface area contributed by atoms with Crippen molar-refractivity contribution in [2.45, 2.75) is 25.4 Å². The van der Waals surface area contributed by atoms with Gasteiger partial charge in [0.05, 0.1) is 6.10 Å². The highest BCUT2D eigenvalue weighted by Crippen LogP contribution is 2.72. The zero-order valence-corrected chi connectivity index (χ0v) is 10.5. The van der Waals surface area contributed by atoms with Gasteiger partial charge >= 0.3 is 0 Å². The average molecular weight is 249 g/mol. The number of aliphatic hydroxyl groups is 1. The quantitative estimate of drug-likeness (QED) is 0.847. The molecule has 2 bridgehead atoms. The number of fused-ring (bicyclic) bond motifs is 5. The van der Waals surface area contributed by atoms with E-state index >= 15 is 0 Å². The minimum Gasteiger partial charge on any atom is -0.388 e. The molecule has 5 unspecified atom stereocenters. The van der Waals surface area contributed by atoms with Crippen LogP contribution >= 0.6 is 11.6 Å². The van der Waals surface area contributed by atoms with Crippen molar-refractivity contribution in [1.82, 2.24) is 0 Å². The predicted molar refractivity (Wildman–Crippen MR) is 67.7 cm³/mol. The van der Waals surface area contributed by atoms with Crippen molar-refractivity contribution in [2.75, 3.05) is 0 Å². The molecule has 0 saturated heterocycles. The summed E-state index contributed by atoms with van der Waals surface area (Å²) in [5, 5.41) is 11.2. The molecule has 0 aliphatic heterocycles. The van der Waals surface area contributed by atoms with Crippen molar-refractivity contribution in [2.24, 2.45) is 29.6 Å². The largest absolute Gasteiger partial charge is 0.388 e. The van der Waals surface area contributed by atoms with Crippen LogP contribution in [-0.2, 0) is 0 Å². The molecule has 1 aromatic carbocycles. The first-order chi connectivity index (χ1) is 8.25. The lowest BCUT2D eigenvalue weighted by molar-refractivity contribution is 0.130. The van der Waals surface area contributed by atoms with Crippen LogP contribution in [0.2, 0.25) is 5.02 Å². The number of hydrogen-bond acceptors (Lipinski definition) is 1. The van der Waals surface area contributed by atoms with Crippen molar-refractivity contribution in [1.29, 1.82) is 0 Å². The van der Waals surface area contributed by atoms with E-state index < -0.39 is 0 Å². The molecule has 0 heterocycles. The fraction of sp³-hybridized carbons (Fsp3) is 0.600. The number of aliphatic hydroxyl groups excluding tert-OH is 1. The fourth-order valence-electron chi connectivity index (χ4n) is 4.70. The highest BCUT2D eigenvalue weighted by Gasteiger charge is 2.66. The summed E-state index contributed by atoms with van der Waals surface area (Å²) < 4.78 is 0. The number of benzene rings is 1. The van der Waals surface area contributed by atoms with E-state index in [-0.39, 0.29) is 6.10 Å². The summed E-state index contributed by atoms with van der Waals surface area (Å²) in [5.41, 5.74) is 1.05. The van der Waals surface area contributed by atoms with E-state index in [4.69, 9.17) is 11.6 Å². The molecule has 1 N–H and O–H groups in total. The number of halogens is 1. The second kappa shape index (κ2) is 3.49. The predicted octanol–water partition coefficient (Wildman–Crippen LogP) is 3.67. The Hall–Kier alpha value is -0.530. The molecule has 0 spiro atoms. The molecular weight excluding hydrogens is 232 g/mol. The Morgan fingerprint density at radius 2 is 1.65 bits per heavy atom. The van der Waals surface area contributed by atoms with Gasteiger partial charge in [-0.05, 0) is 66.5 Å². The highest BCUT2D eigenvalue weighted by molar-refractivity contribution is 6.30. The first kappa shape index (κ1) is 10.4. The van der Waals surface area contributed by atoms with E-state index in [1.54, 1.807) is 0 Å². The molecule has 3 aliphatic rings. The van der Waals surface area contributed by atoms with Crippen LogP contribution in [0.1, 0.15) is 30.9 Å². The standard InChI is InChI=1S/C15H17ClO/c16-11-5-3-8(4-6-11)15(17)14-12-9-1-2-10(7-9)13(12)14/h3-6,9-10,12-15,17H,1-2,7H2. The van der Waals surface area contributed by atoms with Gasteiger partial charge in [-0.1, -0.05) is 23.7 Å². The van der Waals surface area contributed by atoms with Crippen LogP contribution < -0.4 is 0 Å². The smallest absolute Gasteiger partial charge is 0.0823 e. The first-order valence-electron chi connectivity index (χ1n) is 6.69. The molecule has 90 valence electrons. The van der Waals surface area contributed by atoms with Crippen LogP contribution in [0, 0.1) is 29.6 Å². The Bertz CT molecular complexity index is 425. The van der Waals surface area contributed by atoms with Gasteiger partial charge in [0.25, 0.3) is 0 Å². The summed E-state index contributed by atoms with van der Waals surface area (Å²) in [6.45, 7) is 0. The van der Waals surface area contributed by atoms with E-state index in [1.165, 1.54) is 19.3 Å². The Morgan fingerprint density at radius 3 is 2.24 bits per heavy atom. The van der Waals surface area contributed by atoms with Gasteiger partial charge in [0.15, 0.2) is 0 Å². The van der Waals surface area contributed by atoms with Gasteiger partial charge in [-0.15, -0.1) is 0 Å². The summed E-state index contributed by atoms with van der Waals surface area (Å²) in [5.74, 6) is 4.06. The molecule has 4 rings (SSSR count). The molecule has 1 aromatic rings. The van der Waals surface area contributed by atoms with Crippen LogP contribution in [0.5, 0.6) is 0 Å². The van der Waals surface area contributed by atoms with Gasteiger partial charge in [0, 0.05) is 5.02 Å². The zero-order chi connectivity index (χ0) is 11.6. The molecule has 3 aliphatic carbocycles.